The van der Waals surface area contributed by atoms with Gasteiger partial charge in [0, 0.05) is 6.42 Å². The third-order valence-electron chi connectivity index (χ3n) is 15.3. The summed E-state index contributed by atoms with van der Waals surface area (Å²) in [6.45, 7) is 5.67. The lowest BCUT2D eigenvalue weighted by Gasteiger charge is -2.41. The Hall–Kier alpha value is -3.16. The molecule has 0 aromatic carbocycles. The van der Waals surface area contributed by atoms with Crippen LogP contribution in [0, 0.1) is 0 Å². The zero-order chi connectivity index (χ0) is 58.9. The number of aliphatic hydroxyl groups excluding tert-OH is 5. The first-order chi connectivity index (χ1) is 39.7. The summed E-state index contributed by atoms with van der Waals surface area (Å²) in [5, 5.41) is 57.1. The van der Waals surface area contributed by atoms with E-state index >= 15 is 0 Å². The largest absolute Gasteiger partial charge is 0.454 e. The molecule has 1 fully saturated rings. The lowest BCUT2D eigenvalue weighted by molar-refractivity contribution is -0.305. The molecule has 1 heterocycles. The van der Waals surface area contributed by atoms with Crippen molar-refractivity contribution in [3.8, 4) is 0 Å². The molecule has 1 amide bonds. The van der Waals surface area contributed by atoms with Gasteiger partial charge in [0.2, 0.25) is 5.91 Å². The quantitative estimate of drug-likeness (QED) is 0.0195. The topological polar surface area (TPSA) is 175 Å². The Morgan fingerprint density at radius 2 is 0.889 bits per heavy atom. The Balaban J connectivity index is 2.59. The van der Waals surface area contributed by atoms with Crippen LogP contribution in [0.1, 0.15) is 284 Å². The van der Waals surface area contributed by atoms with Crippen LogP contribution in [-0.2, 0) is 23.8 Å². The molecule has 0 saturated carbocycles. The third-order valence-corrected chi connectivity index (χ3v) is 15.3. The van der Waals surface area contributed by atoms with Gasteiger partial charge in [0.15, 0.2) is 12.4 Å². The predicted octanol–water partition coefficient (Wildman–Crippen LogP) is 16.5. The molecule has 6 N–H and O–H groups in total. The van der Waals surface area contributed by atoms with Crippen molar-refractivity contribution in [2.75, 3.05) is 13.2 Å². The van der Waals surface area contributed by atoms with Crippen molar-refractivity contribution >= 4 is 11.9 Å². The minimum atomic E-state index is -1.62. The molecular weight excluding hydrogens is 1010 g/mol. The molecule has 8 atom stereocenters. The number of nitrogens with one attached hydrogen (secondary N) is 1. The predicted molar refractivity (Wildman–Crippen MR) is 338 cm³/mol. The van der Waals surface area contributed by atoms with E-state index < -0.39 is 67.4 Å². The van der Waals surface area contributed by atoms with Crippen LogP contribution in [0.3, 0.4) is 0 Å². The summed E-state index contributed by atoms with van der Waals surface area (Å²) in [4.78, 5) is 26.6. The molecule has 0 aromatic heterocycles. The summed E-state index contributed by atoms with van der Waals surface area (Å²) < 4.78 is 17.6. The number of carbonyl (C=O) groups excluding carboxylic acids is 2. The molecular formula is C70H123NO10. The number of aliphatic hydroxyl groups is 5. The average Bonchev–Trinajstić information content (AvgIpc) is 3.52. The molecule has 0 aromatic rings. The number of rotatable bonds is 56. The van der Waals surface area contributed by atoms with E-state index in [-0.39, 0.29) is 19.4 Å². The van der Waals surface area contributed by atoms with Crippen molar-refractivity contribution in [3.63, 3.8) is 0 Å². The number of esters is 1. The van der Waals surface area contributed by atoms with Gasteiger partial charge in [0.25, 0.3) is 0 Å². The molecule has 8 unspecified atom stereocenters. The van der Waals surface area contributed by atoms with Gasteiger partial charge >= 0.3 is 5.97 Å². The second-order valence-corrected chi connectivity index (χ2v) is 22.8. The van der Waals surface area contributed by atoms with Gasteiger partial charge in [0.1, 0.15) is 24.4 Å². The molecule has 0 aliphatic carbocycles. The molecule has 1 aliphatic heterocycles. The van der Waals surface area contributed by atoms with E-state index in [1.54, 1.807) is 6.08 Å². The summed E-state index contributed by atoms with van der Waals surface area (Å²) in [6, 6.07) is -1.03. The fourth-order valence-corrected chi connectivity index (χ4v) is 10.0. The normalized spacial score (nSPS) is 19.2. The van der Waals surface area contributed by atoms with Crippen molar-refractivity contribution in [2.24, 2.45) is 0 Å². The van der Waals surface area contributed by atoms with E-state index in [0.29, 0.717) is 12.8 Å². The molecule has 0 spiro atoms. The molecule has 1 saturated heterocycles. The molecule has 11 nitrogen and oxygen atoms in total. The van der Waals surface area contributed by atoms with Crippen molar-refractivity contribution < 1.29 is 49.3 Å². The molecule has 11 heteroatoms. The zero-order valence-electron chi connectivity index (χ0n) is 51.9. The fraction of sp³-hybridized carbons (Fsp3) is 0.771. The Morgan fingerprint density at radius 1 is 0.494 bits per heavy atom. The summed E-state index contributed by atoms with van der Waals surface area (Å²) in [5.41, 5.74) is 0. The maximum atomic E-state index is 13.4. The zero-order valence-corrected chi connectivity index (χ0v) is 51.9. The number of hydrogen-bond donors (Lipinski definition) is 6. The lowest BCUT2D eigenvalue weighted by atomic mass is 9.99. The van der Waals surface area contributed by atoms with Gasteiger partial charge in [-0.2, -0.15) is 0 Å². The minimum Gasteiger partial charge on any atom is -0.454 e. The second-order valence-electron chi connectivity index (χ2n) is 22.8. The van der Waals surface area contributed by atoms with Crippen molar-refractivity contribution in [1.29, 1.82) is 0 Å². The highest BCUT2D eigenvalue weighted by molar-refractivity contribution is 5.80. The number of ether oxygens (including phenoxy) is 3. The van der Waals surface area contributed by atoms with Crippen molar-refractivity contribution in [2.45, 2.75) is 333 Å². The lowest BCUT2D eigenvalue weighted by Crippen LogP contribution is -2.61. The highest BCUT2D eigenvalue weighted by Gasteiger charge is 2.47. The Labute approximate surface area is 495 Å². The molecule has 0 bridgehead atoms. The summed E-state index contributed by atoms with van der Waals surface area (Å²) in [6.07, 6.45) is 64.8. The molecule has 1 aliphatic rings. The van der Waals surface area contributed by atoms with E-state index in [1.165, 1.54) is 122 Å². The van der Waals surface area contributed by atoms with E-state index in [1.807, 2.05) is 6.08 Å². The van der Waals surface area contributed by atoms with Gasteiger partial charge in [0.05, 0.1) is 25.4 Å². The van der Waals surface area contributed by atoms with Gasteiger partial charge in [-0.05, 0) is 96.3 Å². The van der Waals surface area contributed by atoms with Crippen LogP contribution in [0.2, 0.25) is 0 Å². The molecule has 81 heavy (non-hydrogen) atoms. The number of allylic oxidation sites excluding steroid dienone is 13. The first-order valence-corrected chi connectivity index (χ1v) is 33.4. The smallest absolute Gasteiger partial charge is 0.306 e. The third kappa shape index (κ3) is 45.0. The highest BCUT2D eigenvalue weighted by Crippen LogP contribution is 2.26. The van der Waals surface area contributed by atoms with Gasteiger partial charge in [-0.25, -0.2) is 0 Å². The van der Waals surface area contributed by atoms with Crippen LogP contribution in [0.15, 0.2) is 85.1 Å². The van der Waals surface area contributed by atoms with E-state index in [0.717, 1.165) is 116 Å². The Kier molecular flexibility index (Phi) is 53.6. The first kappa shape index (κ1) is 75.9. The van der Waals surface area contributed by atoms with Crippen LogP contribution in [-0.4, -0.2) is 99.6 Å². The fourth-order valence-electron chi connectivity index (χ4n) is 10.0. The molecule has 0 radical (unpaired) electrons. The maximum Gasteiger partial charge on any atom is 0.306 e. The molecule has 1 rings (SSSR count). The van der Waals surface area contributed by atoms with E-state index in [4.69, 9.17) is 14.2 Å². The van der Waals surface area contributed by atoms with Crippen molar-refractivity contribution in [1.82, 2.24) is 5.32 Å². The van der Waals surface area contributed by atoms with Gasteiger partial charge in [-0.3, -0.25) is 9.59 Å². The number of unbranched alkanes of at least 4 members (excludes halogenated alkanes) is 30. The maximum absolute atomic E-state index is 13.4. The monoisotopic (exact) mass is 1140 g/mol. The Bertz CT molecular complexity index is 1640. The van der Waals surface area contributed by atoms with Crippen LogP contribution in [0.25, 0.3) is 0 Å². The van der Waals surface area contributed by atoms with Crippen LogP contribution < -0.4 is 5.32 Å². The Morgan fingerprint density at radius 3 is 1.35 bits per heavy atom. The minimum absolute atomic E-state index is 0.112. The van der Waals surface area contributed by atoms with Gasteiger partial charge in [-0.15, -0.1) is 0 Å². The highest BCUT2D eigenvalue weighted by atomic mass is 16.7. The standard InChI is InChI=1S/C70H123NO10/c1-4-7-10-13-16-19-22-24-26-28-29-30-31-32-33-34-35-36-38-40-43-46-49-52-55-58-65(75)81-68-67(77)66(76)64(59-72)80-70(68)79-60-61(62(73)56-53-50-47-44-41-21-18-15-12-9-6-3)71-69(78)63(74)57-54-51-48-45-42-39-37-27-25-23-20-17-14-11-8-5-2/h7,10,16,19,24-27,29-30,32-33,53,56,61-64,66-68,70,72-74,76-77H,4-6,8-9,11-15,17-18,20-23,28,31,34-52,54-55,57-60H2,1-3H3,(H,71,78)/b10-7-,19-16-,26-24-,27-25+,30-29-,33-32-,56-53+. The second kappa shape index (κ2) is 57.3. The number of hydrogen-bond acceptors (Lipinski definition) is 10. The van der Waals surface area contributed by atoms with Crippen LogP contribution in [0.5, 0.6) is 0 Å². The number of amides is 1. The van der Waals surface area contributed by atoms with Crippen LogP contribution in [0.4, 0.5) is 0 Å². The first-order valence-electron chi connectivity index (χ1n) is 33.4. The van der Waals surface area contributed by atoms with E-state index in [9.17, 15) is 35.1 Å². The van der Waals surface area contributed by atoms with Gasteiger partial charge in [-0.1, -0.05) is 266 Å². The SMILES string of the molecule is CC/C=C\C/C=C\C/C=C\C/C=C\C/C=C\CCCCCCCCCCCC(=O)OC1C(OCC(NC(=O)C(O)CCCCCCCC/C=C/CCCCCCCC)C(O)/C=C/CCCCCCCCCCC)OC(CO)C(O)C1O. The van der Waals surface area contributed by atoms with Crippen molar-refractivity contribution in [3.05, 3.63) is 85.1 Å². The summed E-state index contributed by atoms with van der Waals surface area (Å²) in [7, 11) is 0. The average molecular weight is 1140 g/mol. The van der Waals surface area contributed by atoms with Crippen LogP contribution >= 0.6 is 0 Å². The molecule has 468 valence electrons. The number of carbonyl (C=O) groups is 2. The van der Waals surface area contributed by atoms with Gasteiger partial charge < -0.3 is 45.1 Å². The van der Waals surface area contributed by atoms with E-state index in [2.05, 4.69) is 99.0 Å². The summed E-state index contributed by atoms with van der Waals surface area (Å²) in [5.74, 6) is -1.20. The summed E-state index contributed by atoms with van der Waals surface area (Å²) >= 11 is 0.